The standard InChI is InChI=1S/C14H16N2O6/c1-19-11(15)7-13(17)21-9-3-5-10(6-4-9)22-14(18)8-12(16)20-2/h3-8H,15-16H2,1-2H3. The van der Waals surface area contributed by atoms with Gasteiger partial charge < -0.3 is 30.4 Å². The van der Waals surface area contributed by atoms with E-state index in [-0.39, 0.29) is 23.3 Å². The van der Waals surface area contributed by atoms with E-state index in [0.29, 0.717) is 0 Å². The third-order valence-electron chi connectivity index (χ3n) is 2.25. The van der Waals surface area contributed by atoms with Gasteiger partial charge in [-0.15, -0.1) is 0 Å². The Morgan fingerprint density at radius 3 is 1.41 bits per heavy atom. The summed E-state index contributed by atoms with van der Waals surface area (Å²) in [5.74, 6) is -1.04. The normalized spacial score (nSPS) is 11.5. The number of carbonyl (C=O) groups excluding carboxylic acids is 2. The predicted molar refractivity (Wildman–Crippen MR) is 76.3 cm³/mol. The maximum absolute atomic E-state index is 11.4. The van der Waals surface area contributed by atoms with Crippen LogP contribution >= 0.6 is 0 Å². The minimum atomic E-state index is -0.695. The van der Waals surface area contributed by atoms with Crippen LogP contribution in [0.25, 0.3) is 0 Å². The third-order valence-corrected chi connectivity index (χ3v) is 2.25. The van der Waals surface area contributed by atoms with Gasteiger partial charge in [-0.25, -0.2) is 9.59 Å². The predicted octanol–water partition coefficient (Wildman–Crippen LogP) is 0.390. The lowest BCUT2D eigenvalue weighted by atomic mass is 10.3. The highest BCUT2D eigenvalue weighted by Crippen LogP contribution is 2.18. The molecule has 0 aromatic heterocycles. The first kappa shape index (κ1) is 16.9. The molecule has 0 bridgehead atoms. The maximum atomic E-state index is 11.4. The number of methoxy groups -OCH3 is 2. The Morgan fingerprint density at radius 1 is 0.818 bits per heavy atom. The number of carbonyl (C=O) groups is 2. The molecule has 0 aliphatic heterocycles. The molecule has 4 N–H and O–H groups in total. The average molecular weight is 308 g/mol. The number of rotatable bonds is 6. The van der Waals surface area contributed by atoms with Gasteiger partial charge in [0, 0.05) is 0 Å². The van der Waals surface area contributed by atoms with Gasteiger partial charge in [0.1, 0.15) is 11.5 Å². The van der Waals surface area contributed by atoms with E-state index in [1.165, 1.54) is 38.5 Å². The van der Waals surface area contributed by atoms with E-state index in [9.17, 15) is 9.59 Å². The molecule has 0 radical (unpaired) electrons. The van der Waals surface area contributed by atoms with Crippen molar-refractivity contribution in [3.8, 4) is 11.5 Å². The zero-order valence-corrected chi connectivity index (χ0v) is 12.1. The van der Waals surface area contributed by atoms with Crippen LogP contribution in [-0.4, -0.2) is 26.2 Å². The van der Waals surface area contributed by atoms with Gasteiger partial charge in [-0.3, -0.25) is 0 Å². The first-order valence-corrected chi connectivity index (χ1v) is 6.00. The molecule has 0 saturated carbocycles. The molecule has 0 aliphatic rings. The molecule has 1 rings (SSSR count). The first-order valence-electron chi connectivity index (χ1n) is 6.00. The Balaban J connectivity index is 2.64. The molecule has 0 unspecified atom stereocenters. The van der Waals surface area contributed by atoms with E-state index in [1.807, 2.05) is 0 Å². The van der Waals surface area contributed by atoms with Crippen LogP contribution in [0.3, 0.4) is 0 Å². The van der Waals surface area contributed by atoms with Crippen LogP contribution in [0, 0.1) is 0 Å². The van der Waals surface area contributed by atoms with Crippen molar-refractivity contribution in [1.82, 2.24) is 0 Å². The van der Waals surface area contributed by atoms with Gasteiger partial charge in [0.05, 0.1) is 26.4 Å². The van der Waals surface area contributed by atoms with Gasteiger partial charge in [-0.05, 0) is 24.3 Å². The molecule has 0 amide bonds. The number of hydrogen-bond acceptors (Lipinski definition) is 8. The van der Waals surface area contributed by atoms with E-state index < -0.39 is 11.9 Å². The number of nitrogens with two attached hydrogens (primary N) is 2. The van der Waals surface area contributed by atoms with Gasteiger partial charge in [-0.2, -0.15) is 0 Å². The van der Waals surface area contributed by atoms with Gasteiger partial charge in [0.25, 0.3) is 0 Å². The zero-order valence-electron chi connectivity index (χ0n) is 12.1. The highest BCUT2D eigenvalue weighted by atomic mass is 16.5. The van der Waals surface area contributed by atoms with Crippen molar-refractivity contribution in [3.05, 3.63) is 48.2 Å². The summed E-state index contributed by atoms with van der Waals surface area (Å²) in [7, 11) is 2.65. The molecule has 0 fully saturated rings. The van der Waals surface area contributed by atoms with Crippen LogP contribution in [0.15, 0.2) is 48.2 Å². The third kappa shape index (κ3) is 5.87. The van der Waals surface area contributed by atoms with Crippen LogP contribution in [-0.2, 0) is 19.1 Å². The number of hydrogen-bond donors (Lipinski definition) is 2. The molecule has 8 heteroatoms. The Kier molecular flexibility index (Phi) is 6.30. The largest absolute Gasteiger partial charge is 0.482 e. The molecule has 22 heavy (non-hydrogen) atoms. The van der Waals surface area contributed by atoms with Crippen molar-refractivity contribution < 1.29 is 28.5 Å². The fourth-order valence-corrected chi connectivity index (χ4v) is 1.22. The van der Waals surface area contributed by atoms with E-state index in [1.54, 1.807) is 0 Å². The lowest BCUT2D eigenvalue weighted by molar-refractivity contribution is -0.130. The zero-order chi connectivity index (χ0) is 16.5. The molecule has 0 heterocycles. The summed E-state index contributed by atoms with van der Waals surface area (Å²) in [6.07, 6.45) is 1.98. The molecule has 1 aromatic rings. The number of esters is 2. The number of benzene rings is 1. The second kappa shape index (κ2) is 8.20. The first-order chi connectivity index (χ1) is 10.4. The summed E-state index contributed by atoms with van der Waals surface area (Å²) in [6, 6.07) is 5.78. The lowest BCUT2D eigenvalue weighted by Gasteiger charge is -2.05. The smallest absolute Gasteiger partial charge is 0.341 e. The summed E-state index contributed by atoms with van der Waals surface area (Å²) >= 11 is 0. The quantitative estimate of drug-likeness (QED) is 0.335. The Labute approximate surface area is 126 Å². The molecule has 118 valence electrons. The van der Waals surface area contributed by atoms with E-state index in [4.69, 9.17) is 20.9 Å². The molecule has 0 spiro atoms. The minimum Gasteiger partial charge on any atom is -0.482 e. The fourth-order valence-electron chi connectivity index (χ4n) is 1.22. The van der Waals surface area contributed by atoms with E-state index in [2.05, 4.69) is 9.47 Å². The van der Waals surface area contributed by atoms with Gasteiger partial charge in [-0.1, -0.05) is 0 Å². The summed E-state index contributed by atoms with van der Waals surface area (Å²) in [4.78, 5) is 22.8. The van der Waals surface area contributed by atoms with Crippen molar-refractivity contribution in [1.29, 1.82) is 0 Å². The van der Waals surface area contributed by atoms with Gasteiger partial charge in [0.15, 0.2) is 11.8 Å². The van der Waals surface area contributed by atoms with Crippen molar-refractivity contribution in [2.45, 2.75) is 0 Å². The van der Waals surface area contributed by atoms with Crippen LogP contribution in [0.1, 0.15) is 0 Å². The van der Waals surface area contributed by atoms with Crippen molar-refractivity contribution in [3.63, 3.8) is 0 Å². The van der Waals surface area contributed by atoms with Crippen molar-refractivity contribution in [2.24, 2.45) is 11.5 Å². The monoisotopic (exact) mass is 308 g/mol. The number of ether oxygens (including phenoxy) is 4. The Bertz CT molecular complexity index is 539. The van der Waals surface area contributed by atoms with Crippen LogP contribution in [0.2, 0.25) is 0 Å². The van der Waals surface area contributed by atoms with Gasteiger partial charge in [0.2, 0.25) is 0 Å². The molecule has 1 aromatic carbocycles. The molecule has 8 nitrogen and oxygen atoms in total. The van der Waals surface area contributed by atoms with Crippen LogP contribution in [0.4, 0.5) is 0 Å². The van der Waals surface area contributed by atoms with Crippen molar-refractivity contribution in [2.75, 3.05) is 14.2 Å². The SMILES string of the molecule is COC(N)=CC(=O)Oc1ccc(OC(=O)C=C(N)OC)cc1. The Hall–Kier alpha value is -3.16. The van der Waals surface area contributed by atoms with E-state index >= 15 is 0 Å². The van der Waals surface area contributed by atoms with E-state index in [0.717, 1.165) is 12.2 Å². The summed E-state index contributed by atoms with van der Waals surface area (Å²) in [5.41, 5.74) is 10.6. The molecular weight excluding hydrogens is 292 g/mol. The second-order valence-corrected chi connectivity index (χ2v) is 3.82. The van der Waals surface area contributed by atoms with Gasteiger partial charge >= 0.3 is 11.9 Å². The topological polar surface area (TPSA) is 123 Å². The van der Waals surface area contributed by atoms with Crippen LogP contribution in [0.5, 0.6) is 11.5 Å². The lowest BCUT2D eigenvalue weighted by Crippen LogP contribution is -2.10. The fraction of sp³-hybridized carbons (Fsp3) is 0.143. The minimum absolute atomic E-state index is 0.0712. The van der Waals surface area contributed by atoms with Crippen LogP contribution < -0.4 is 20.9 Å². The molecule has 0 aliphatic carbocycles. The molecular formula is C14H16N2O6. The summed E-state index contributed by atoms with van der Waals surface area (Å²) in [6.45, 7) is 0. The average Bonchev–Trinajstić information content (AvgIpc) is 2.48. The second-order valence-electron chi connectivity index (χ2n) is 3.82. The maximum Gasteiger partial charge on any atom is 0.341 e. The summed E-state index contributed by atoms with van der Waals surface area (Å²) < 4.78 is 19.2. The molecule has 0 atom stereocenters. The Morgan fingerprint density at radius 2 is 1.14 bits per heavy atom. The highest BCUT2D eigenvalue weighted by Gasteiger charge is 2.06. The molecule has 0 saturated heterocycles. The summed E-state index contributed by atoms with van der Waals surface area (Å²) in [5, 5.41) is 0. The highest BCUT2D eigenvalue weighted by molar-refractivity contribution is 5.85. The van der Waals surface area contributed by atoms with Crippen molar-refractivity contribution >= 4 is 11.9 Å².